The topological polar surface area (TPSA) is 194 Å². The number of benzene rings is 1. The van der Waals surface area contributed by atoms with Gasteiger partial charge in [0.15, 0.2) is 23.0 Å². The number of aromatic nitrogens is 1. The predicted molar refractivity (Wildman–Crippen MR) is 150 cm³/mol. The molecule has 5 N–H and O–H groups in total. The van der Waals surface area contributed by atoms with Crippen LogP contribution in [0.15, 0.2) is 22.7 Å². The number of hydrogen-bond donors (Lipinski definition) is 5. The molecule has 1 aromatic heterocycles. The van der Waals surface area contributed by atoms with E-state index < -0.39 is 42.0 Å². The largest absolute Gasteiger partial charge is 0.493 e. The number of carbonyl (C=O) groups excluding carboxylic acids is 4. The van der Waals surface area contributed by atoms with Gasteiger partial charge in [0, 0.05) is 25.7 Å². The van der Waals surface area contributed by atoms with Crippen molar-refractivity contribution in [1.82, 2.24) is 31.3 Å². The lowest BCUT2D eigenvalue weighted by Crippen LogP contribution is -2.58. The van der Waals surface area contributed by atoms with Gasteiger partial charge in [-0.05, 0) is 37.5 Å². The number of amides is 4. The van der Waals surface area contributed by atoms with Crippen molar-refractivity contribution in [3.05, 3.63) is 35.2 Å². The average Bonchev–Trinajstić information content (AvgIpc) is 3.62. The molecule has 2 bridgehead atoms. The summed E-state index contributed by atoms with van der Waals surface area (Å²) in [5, 5.41) is 24.6. The van der Waals surface area contributed by atoms with Gasteiger partial charge in [-0.25, -0.2) is 0 Å². The molecular weight excluding hydrogens is 564 g/mol. The minimum atomic E-state index is -1.39. The Morgan fingerprint density at radius 2 is 1.79 bits per heavy atom. The molecule has 0 fully saturated rings. The molecule has 234 valence electrons. The highest BCUT2D eigenvalue weighted by Gasteiger charge is 2.32. The van der Waals surface area contributed by atoms with Gasteiger partial charge in [0.1, 0.15) is 18.1 Å². The van der Waals surface area contributed by atoms with E-state index in [1.165, 1.54) is 27.0 Å². The number of aliphatic hydroxyl groups excluding tert-OH is 1. The maximum atomic E-state index is 13.1. The number of ether oxygens (including phenoxy) is 3. The van der Waals surface area contributed by atoms with Crippen molar-refractivity contribution in [3.63, 3.8) is 0 Å². The SMILES string of the molecule is COc1cc(CN2CCNC(=O)[C@H](C(C)C)NC(=O)[C@H](C)NC(=O)[C@H]([C@@H](C)O)NC(=O)c3cc(on3)C2)cc2c1OCO2. The molecule has 0 unspecified atom stereocenters. The van der Waals surface area contributed by atoms with Gasteiger partial charge in [-0.1, -0.05) is 19.0 Å². The first-order chi connectivity index (χ1) is 20.5. The van der Waals surface area contributed by atoms with Crippen LogP contribution in [0.3, 0.4) is 0 Å². The number of hydrogen-bond acceptors (Lipinski definition) is 11. The van der Waals surface area contributed by atoms with E-state index >= 15 is 0 Å². The van der Waals surface area contributed by atoms with Crippen molar-refractivity contribution in [3.8, 4) is 17.2 Å². The van der Waals surface area contributed by atoms with E-state index in [1.54, 1.807) is 13.8 Å². The van der Waals surface area contributed by atoms with Crippen LogP contribution in [0.4, 0.5) is 0 Å². The summed E-state index contributed by atoms with van der Waals surface area (Å²) in [6.07, 6.45) is -1.29. The van der Waals surface area contributed by atoms with Crippen molar-refractivity contribution in [1.29, 1.82) is 0 Å². The van der Waals surface area contributed by atoms with Crippen LogP contribution in [0.2, 0.25) is 0 Å². The third-order valence-electron chi connectivity index (χ3n) is 7.07. The molecule has 15 heteroatoms. The van der Waals surface area contributed by atoms with E-state index in [0.29, 0.717) is 36.1 Å². The van der Waals surface area contributed by atoms with Crippen LogP contribution in [0.5, 0.6) is 17.2 Å². The van der Waals surface area contributed by atoms with Crippen molar-refractivity contribution >= 4 is 23.6 Å². The first-order valence-electron chi connectivity index (χ1n) is 14.0. The predicted octanol–water partition coefficient (Wildman–Crippen LogP) is -0.331. The highest BCUT2D eigenvalue weighted by Crippen LogP contribution is 2.42. The standard InChI is InChI=1S/C28H38N6O9/c1-14(2)22-27(38)29-6-7-34(11-17-8-20(40-5)24-21(9-17)41-13-42-24)12-18-10-19(33-43-18)26(37)32-23(16(4)35)28(39)30-15(3)25(36)31-22/h8-10,14-16,22-23,35H,6-7,11-13H2,1-5H3,(H,29,38)(H,30,39)(H,31,36)(H,32,37)/t15-,16+,22-,23-/m0/s1. The second-order valence-corrected chi connectivity index (χ2v) is 10.9. The molecule has 2 aliphatic rings. The Morgan fingerprint density at radius 3 is 2.49 bits per heavy atom. The van der Waals surface area contributed by atoms with E-state index in [2.05, 4.69) is 26.4 Å². The number of nitrogens with one attached hydrogen (secondary N) is 4. The van der Waals surface area contributed by atoms with Crippen molar-refractivity contribution in [2.24, 2.45) is 5.92 Å². The second-order valence-electron chi connectivity index (χ2n) is 10.9. The number of nitrogens with zero attached hydrogens (tertiary/aromatic N) is 2. The Morgan fingerprint density at radius 1 is 1.02 bits per heavy atom. The first-order valence-corrected chi connectivity index (χ1v) is 14.0. The number of rotatable bonds is 5. The Bertz CT molecular complexity index is 1340. The third-order valence-corrected chi connectivity index (χ3v) is 7.07. The number of carbonyl (C=O) groups is 4. The van der Waals surface area contributed by atoms with E-state index in [-0.39, 0.29) is 37.4 Å². The van der Waals surface area contributed by atoms with Gasteiger partial charge in [0.25, 0.3) is 5.91 Å². The summed E-state index contributed by atoms with van der Waals surface area (Å²) in [6, 6.07) is 1.77. The summed E-state index contributed by atoms with van der Waals surface area (Å²) < 4.78 is 21.9. The van der Waals surface area contributed by atoms with Crippen LogP contribution < -0.4 is 35.5 Å². The van der Waals surface area contributed by atoms with Gasteiger partial charge >= 0.3 is 0 Å². The maximum absolute atomic E-state index is 13.1. The quantitative estimate of drug-likeness (QED) is 0.301. The van der Waals surface area contributed by atoms with Crippen LogP contribution >= 0.6 is 0 Å². The second kappa shape index (κ2) is 13.7. The fourth-order valence-electron chi connectivity index (χ4n) is 4.71. The number of aliphatic hydroxyl groups is 1. The third kappa shape index (κ3) is 7.73. The number of fused-ring (bicyclic) bond motifs is 3. The van der Waals surface area contributed by atoms with E-state index in [9.17, 15) is 24.3 Å². The molecule has 43 heavy (non-hydrogen) atoms. The van der Waals surface area contributed by atoms with E-state index in [1.807, 2.05) is 17.0 Å². The monoisotopic (exact) mass is 602 g/mol. The maximum Gasteiger partial charge on any atom is 0.274 e. The molecule has 0 saturated heterocycles. The summed E-state index contributed by atoms with van der Waals surface area (Å²) >= 11 is 0. The fourth-order valence-corrected chi connectivity index (χ4v) is 4.71. The van der Waals surface area contributed by atoms with Gasteiger partial charge in [0.2, 0.25) is 30.3 Å². The Hall–Kier alpha value is -4.37. The molecule has 2 aliphatic heterocycles. The lowest BCUT2D eigenvalue weighted by molar-refractivity contribution is -0.133. The van der Waals surface area contributed by atoms with Crippen LogP contribution in [0.1, 0.15) is 49.5 Å². The Labute approximate surface area is 248 Å². The smallest absolute Gasteiger partial charge is 0.274 e. The van der Waals surface area contributed by atoms with Gasteiger partial charge in [-0.15, -0.1) is 0 Å². The summed E-state index contributed by atoms with van der Waals surface area (Å²) in [6.45, 7) is 7.60. The zero-order valence-corrected chi connectivity index (χ0v) is 24.8. The molecule has 2 aromatic rings. The van der Waals surface area contributed by atoms with Crippen LogP contribution in [0.25, 0.3) is 0 Å². The minimum Gasteiger partial charge on any atom is -0.493 e. The summed E-state index contributed by atoms with van der Waals surface area (Å²) in [4.78, 5) is 53.8. The Kier molecular flexibility index (Phi) is 10.1. The molecule has 3 heterocycles. The van der Waals surface area contributed by atoms with Crippen LogP contribution in [-0.4, -0.2) is 90.0 Å². The lowest BCUT2D eigenvalue weighted by atomic mass is 10.0. The van der Waals surface area contributed by atoms with Gasteiger partial charge in [-0.2, -0.15) is 0 Å². The molecule has 1 aromatic carbocycles. The van der Waals surface area contributed by atoms with Crippen LogP contribution in [-0.2, 0) is 27.5 Å². The van der Waals surface area contributed by atoms with Gasteiger partial charge < -0.3 is 45.1 Å². The zero-order chi connectivity index (χ0) is 31.3. The van der Waals surface area contributed by atoms with E-state index in [4.69, 9.17) is 18.7 Å². The molecular formula is C28H38N6O9. The average molecular weight is 603 g/mol. The molecule has 0 saturated carbocycles. The zero-order valence-electron chi connectivity index (χ0n) is 24.8. The lowest BCUT2D eigenvalue weighted by Gasteiger charge is -2.26. The van der Waals surface area contributed by atoms with Crippen molar-refractivity contribution in [2.75, 3.05) is 27.0 Å². The normalized spacial score (nSPS) is 23.0. The molecule has 15 nitrogen and oxygen atoms in total. The van der Waals surface area contributed by atoms with Crippen molar-refractivity contribution in [2.45, 2.75) is 65.0 Å². The molecule has 0 spiro atoms. The molecule has 4 rings (SSSR count). The molecule has 4 atom stereocenters. The molecule has 0 aliphatic carbocycles. The fraction of sp³-hybridized carbons (Fsp3) is 0.536. The number of methoxy groups -OCH3 is 1. The Balaban J connectivity index is 1.62. The van der Waals surface area contributed by atoms with Crippen molar-refractivity contribution < 1.29 is 43.0 Å². The summed E-state index contributed by atoms with van der Waals surface area (Å²) in [5.74, 6) is -0.841. The molecule has 4 amide bonds. The van der Waals surface area contributed by atoms with Crippen LogP contribution in [0, 0.1) is 5.92 Å². The highest BCUT2D eigenvalue weighted by molar-refractivity contribution is 5.97. The first kappa shape index (κ1) is 31.6. The molecule has 0 radical (unpaired) electrons. The van der Waals surface area contributed by atoms with Gasteiger partial charge in [-0.3, -0.25) is 24.1 Å². The summed E-state index contributed by atoms with van der Waals surface area (Å²) in [5.41, 5.74) is 0.734. The van der Waals surface area contributed by atoms with E-state index in [0.717, 1.165) is 5.56 Å². The summed E-state index contributed by atoms with van der Waals surface area (Å²) in [7, 11) is 1.53. The van der Waals surface area contributed by atoms with Gasteiger partial charge in [0.05, 0.1) is 19.8 Å². The minimum absolute atomic E-state index is 0.0811. The highest BCUT2D eigenvalue weighted by atomic mass is 16.7.